The first-order chi connectivity index (χ1) is 10.0. The highest BCUT2D eigenvalue weighted by molar-refractivity contribution is 6.07. The quantitative estimate of drug-likeness (QED) is 0.455. The summed E-state index contributed by atoms with van der Waals surface area (Å²) in [6, 6.07) is 8.02. The number of aldehydes is 1. The summed E-state index contributed by atoms with van der Waals surface area (Å²) in [5.41, 5.74) is -2.38. The second kappa shape index (κ2) is 7.54. The van der Waals surface area contributed by atoms with Crippen LogP contribution in [0.3, 0.4) is 0 Å². The number of aliphatic hydroxyl groups is 1. The Bertz CT molecular complexity index is 478. The van der Waals surface area contributed by atoms with Crippen LogP contribution in [0.1, 0.15) is 25.3 Å². The zero-order valence-electron chi connectivity index (χ0n) is 11.9. The molecule has 1 aromatic carbocycles. The summed E-state index contributed by atoms with van der Waals surface area (Å²) in [4.78, 5) is 35.4. The van der Waals surface area contributed by atoms with E-state index in [2.05, 4.69) is 0 Å². The topological polar surface area (TPSA) is 89.9 Å². The van der Waals surface area contributed by atoms with Crippen molar-refractivity contribution < 1.29 is 29.0 Å². The number of hydrogen-bond acceptors (Lipinski definition) is 6. The molecule has 1 aromatic rings. The fraction of sp³-hybridized carbons (Fsp3) is 0.400. The van der Waals surface area contributed by atoms with Crippen molar-refractivity contribution >= 4 is 18.2 Å². The molecule has 0 aliphatic heterocycles. The number of carbonyl (C=O) groups is 3. The van der Waals surface area contributed by atoms with E-state index in [0.717, 1.165) is 0 Å². The van der Waals surface area contributed by atoms with E-state index in [1.807, 2.05) is 0 Å². The van der Waals surface area contributed by atoms with Gasteiger partial charge in [0.05, 0.1) is 19.1 Å². The molecular weight excluding hydrogens is 276 g/mol. The van der Waals surface area contributed by atoms with Gasteiger partial charge in [0.1, 0.15) is 6.29 Å². The number of benzene rings is 1. The monoisotopic (exact) mass is 294 g/mol. The number of rotatable bonds is 7. The maximum atomic E-state index is 12.0. The summed E-state index contributed by atoms with van der Waals surface area (Å²) in [6.45, 7) is 2.98. The van der Waals surface area contributed by atoms with Gasteiger partial charge < -0.3 is 19.4 Å². The molecule has 6 heteroatoms. The van der Waals surface area contributed by atoms with Gasteiger partial charge in [-0.2, -0.15) is 0 Å². The molecule has 0 spiro atoms. The number of ether oxygens (including phenoxy) is 2. The summed E-state index contributed by atoms with van der Waals surface area (Å²) >= 11 is 0. The van der Waals surface area contributed by atoms with E-state index in [-0.39, 0.29) is 13.2 Å². The van der Waals surface area contributed by atoms with Crippen LogP contribution in [-0.2, 0) is 23.9 Å². The Morgan fingerprint density at radius 1 is 1.14 bits per heavy atom. The van der Waals surface area contributed by atoms with E-state index in [4.69, 9.17) is 9.47 Å². The Hall–Kier alpha value is -2.21. The van der Waals surface area contributed by atoms with Gasteiger partial charge in [-0.1, -0.05) is 30.3 Å². The van der Waals surface area contributed by atoms with Crippen LogP contribution in [0.2, 0.25) is 0 Å². The van der Waals surface area contributed by atoms with Crippen LogP contribution < -0.4 is 0 Å². The third kappa shape index (κ3) is 3.46. The molecular formula is C15H18O6. The Balaban J connectivity index is 3.30. The predicted molar refractivity (Wildman–Crippen MR) is 73.5 cm³/mol. The Labute approximate surface area is 122 Å². The molecule has 0 heterocycles. The van der Waals surface area contributed by atoms with E-state index in [1.54, 1.807) is 18.2 Å². The molecule has 0 unspecified atom stereocenters. The van der Waals surface area contributed by atoms with Crippen LogP contribution >= 0.6 is 0 Å². The van der Waals surface area contributed by atoms with Gasteiger partial charge in [0.15, 0.2) is 0 Å². The van der Waals surface area contributed by atoms with E-state index in [9.17, 15) is 19.5 Å². The smallest absolute Gasteiger partial charge is 0.351 e. The summed E-state index contributed by atoms with van der Waals surface area (Å²) in [7, 11) is 0. The van der Waals surface area contributed by atoms with Crippen LogP contribution in [0, 0.1) is 0 Å². The molecule has 0 saturated carbocycles. The lowest BCUT2D eigenvalue weighted by Crippen LogP contribution is -2.54. The lowest BCUT2D eigenvalue weighted by atomic mass is 9.83. The van der Waals surface area contributed by atoms with Crippen LogP contribution in [0.4, 0.5) is 0 Å². The second-order valence-electron chi connectivity index (χ2n) is 4.23. The average Bonchev–Trinajstić information content (AvgIpc) is 2.49. The van der Waals surface area contributed by atoms with Gasteiger partial charge in [-0.05, 0) is 19.4 Å². The van der Waals surface area contributed by atoms with Gasteiger partial charge >= 0.3 is 11.9 Å². The predicted octanol–water partition coefficient (Wildman–Crippen LogP) is 0.826. The van der Waals surface area contributed by atoms with Crippen LogP contribution in [-0.4, -0.2) is 42.1 Å². The zero-order valence-corrected chi connectivity index (χ0v) is 11.9. The maximum Gasteiger partial charge on any atom is 0.351 e. The van der Waals surface area contributed by atoms with Gasteiger partial charge in [-0.15, -0.1) is 0 Å². The van der Waals surface area contributed by atoms with E-state index >= 15 is 0 Å². The lowest BCUT2D eigenvalue weighted by molar-refractivity contribution is -0.186. The largest absolute Gasteiger partial charge is 0.463 e. The maximum absolute atomic E-state index is 12.0. The van der Waals surface area contributed by atoms with Gasteiger partial charge in [0.25, 0.3) is 5.60 Å². The molecule has 1 atom stereocenters. The van der Waals surface area contributed by atoms with Crippen molar-refractivity contribution in [3.8, 4) is 0 Å². The Morgan fingerprint density at radius 2 is 1.62 bits per heavy atom. The van der Waals surface area contributed by atoms with Crippen LogP contribution in [0.25, 0.3) is 0 Å². The van der Waals surface area contributed by atoms with Crippen molar-refractivity contribution in [1.29, 1.82) is 0 Å². The third-order valence-corrected chi connectivity index (χ3v) is 2.92. The van der Waals surface area contributed by atoms with Gasteiger partial charge in [-0.3, -0.25) is 0 Å². The van der Waals surface area contributed by atoms with E-state index in [0.29, 0.717) is 11.8 Å². The highest BCUT2D eigenvalue weighted by Crippen LogP contribution is 2.29. The number of carbonyl (C=O) groups excluding carboxylic acids is 3. The third-order valence-electron chi connectivity index (χ3n) is 2.92. The Kier molecular flexibility index (Phi) is 6.05. The standard InChI is InChI=1S/C15H18O6/c1-3-20-13(17)15(19,14(18)21-4-2)12(10-16)11-8-6-5-7-9-11/h5-10,12,19H,3-4H2,1-2H3/t12-/m0/s1. The van der Waals surface area contributed by atoms with Crippen molar-refractivity contribution in [1.82, 2.24) is 0 Å². The van der Waals surface area contributed by atoms with Crippen molar-refractivity contribution in [2.45, 2.75) is 25.4 Å². The summed E-state index contributed by atoms with van der Waals surface area (Å²) in [5.74, 6) is -3.81. The first-order valence-electron chi connectivity index (χ1n) is 6.59. The molecule has 0 radical (unpaired) electrons. The molecule has 21 heavy (non-hydrogen) atoms. The van der Waals surface area contributed by atoms with Crippen LogP contribution in [0.15, 0.2) is 30.3 Å². The normalized spacial score (nSPS) is 12.3. The summed E-state index contributed by atoms with van der Waals surface area (Å²) in [5, 5.41) is 10.5. The summed E-state index contributed by atoms with van der Waals surface area (Å²) in [6.07, 6.45) is 0.336. The first-order valence-corrected chi connectivity index (χ1v) is 6.59. The molecule has 0 saturated heterocycles. The van der Waals surface area contributed by atoms with Gasteiger partial charge in [0, 0.05) is 0 Å². The SMILES string of the molecule is CCOC(=O)C(O)(C(=O)OCC)[C@@H](C=O)c1ccccc1. The zero-order chi connectivity index (χ0) is 15.9. The molecule has 0 bridgehead atoms. The van der Waals surface area contributed by atoms with Crippen molar-refractivity contribution in [3.05, 3.63) is 35.9 Å². The molecule has 0 aliphatic carbocycles. The van der Waals surface area contributed by atoms with Crippen molar-refractivity contribution in [2.75, 3.05) is 13.2 Å². The minimum Gasteiger partial charge on any atom is -0.463 e. The van der Waals surface area contributed by atoms with Crippen molar-refractivity contribution in [3.63, 3.8) is 0 Å². The first kappa shape index (κ1) is 16.8. The molecule has 0 amide bonds. The fourth-order valence-corrected chi connectivity index (χ4v) is 1.90. The highest BCUT2D eigenvalue weighted by Gasteiger charge is 2.54. The molecule has 0 aliphatic rings. The van der Waals surface area contributed by atoms with Crippen molar-refractivity contribution in [2.24, 2.45) is 0 Å². The molecule has 6 nitrogen and oxygen atoms in total. The molecule has 0 fully saturated rings. The Morgan fingerprint density at radius 3 is 2.00 bits per heavy atom. The average molecular weight is 294 g/mol. The minimum atomic E-state index is -2.70. The van der Waals surface area contributed by atoms with E-state index in [1.165, 1.54) is 26.0 Å². The molecule has 1 N–H and O–H groups in total. The lowest BCUT2D eigenvalue weighted by Gasteiger charge is -2.28. The molecule has 1 rings (SSSR count). The highest BCUT2D eigenvalue weighted by atomic mass is 16.6. The minimum absolute atomic E-state index is 0.0408. The summed E-state index contributed by atoms with van der Waals surface area (Å²) < 4.78 is 9.46. The number of esters is 2. The molecule has 114 valence electrons. The van der Waals surface area contributed by atoms with Gasteiger partial charge in [0.2, 0.25) is 0 Å². The fourth-order valence-electron chi connectivity index (χ4n) is 1.90. The molecule has 0 aromatic heterocycles. The van der Waals surface area contributed by atoms with Gasteiger partial charge in [-0.25, -0.2) is 9.59 Å². The van der Waals surface area contributed by atoms with E-state index < -0.39 is 23.5 Å². The van der Waals surface area contributed by atoms with Crippen LogP contribution in [0.5, 0.6) is 0 Å². The number of hydrogen-bond donors (Lipinski definition) is 1. The second-order valence-corrected chi connectivity index (χ2v) is 4.23.